The molecule has 0 spiro atoms. The summed E-state index contributed by atoms with van der Waals surface area (Å²) in [5.74, 6) is -3.92. The maximum atomic E-state index is 13.6. The van der Waals surface area contributed by atoms with Crippen molar-refractivity contribution >= 4 is 17.9 Å². The van der Waals surface area contributed by atoms with Crippen molar-refractivity contribution in [3.63, 3.8) is 0 Å². The zero-order chi connectivity index (χ0) is 23.6. The van der Waals surface area contributed by atoms with Crippen LogP contribution in [-0.4, -0.2) is 63.5 Å². The van der Waals surface area contributed by atoms with Gasteiger partial charge in [-0.2, -0.15) is 0 Å². The predicted octanol–water partition coefficient (Wildman–Crippen LogP) is 2.00. The highest BCUT2D eigenvalue weighted by Gasteiger charge is 2.53. The maximum absolute atomic E-state index is 13.6. The molecule has 32 heavy (non-hydrogen) atoms. The molecule has 1 aromatic rings. The smallest absolute Gasteiger partial charge is 0.233 e. The number of carbonyl (C=O) groups is 2. The second kappa shape index (κ2) is 9.94. The zero-order valence-corrected chi connectivity index (χ0v) is 18.3. The molecule has 4 N–H and O–H groups in total. The second-order valence-corrected chi connectivity index (χ2v) is 8.50. The van der Waals surface area contributed by atoms with Crippen LogP contribution in [0.15, 0.2) is 34.9 Å². The number of aliphatic hydroxyl groups excluding tert-OH is 3. The summed E-state index contributed by atoms with van der Waals surface area (Å²) in [7, 11) is 1.41. The lowest BCUT2D eigenvalue weighted by molar-refractivity contribution is -0.138. The van der Waals surface area contributed by atoms with Crippen LogP contribution in [0.4, 0.5) is 4.39 Å². The number of hydrogen-bond donors (Lipinski definition) is 4. The molecule has 0 unspecified atom stereocenters. The molecular formula is C24H30FNO6. The van der Waals surface area contributed by atoms with E-state index >= 15 is 0 Å². The van der Waals surface area contributed by atoms with Crippen molar-refractivity contribution in [1.29, 1.82) is 0 Å². The van der Waals surface area contributed by atoms with Gasteiger partial charge in [0.15, 0.2) is 11.6 Å². The van der Waals surface area contributed by atoms with Crippen LogP contribution in [0.5, 0.6) is 5.75 Å². The Hall–Kier alpha value is -2.55. The minimum absolute atomic E-state index is 0.183. The van der Waals surface area contributed by atoms with E-state index in [9.17, 15) is 34.4 Å². The van der Waals surface area contributed by atoms with Gasteiger partial charge in [-0.15, -0.1) is 0 Å². The molecular weight excluding hydrogens is 417 g/mol. The van der Waals surface area contributed by atoms with Crippen LogP contribution in [0, 0.1) is 23.6 Å². The fourth-order valence-corrected chi connectivity index (χ4v) is 4.94. The summed E-state index contributed by atoms with van der Waals surface area (Å²) >= 11 is 0. The highest BCUT2D eigenvalue weighted by Crippen LogP contribution is 2.45. The summed E-state index contributed by atoms with van der Waals surface area (Å²) < 4.78 is 13.6. The average Bonchev–Trinajstić information content (AvgIpc) is 3.01. The quantitative estimate of drug-likeness (QED) is 0.358. The number of phenolic OH excluding ortho intramolecular Hbond substituents is 1. The Morgan fingerprint density at radius 2 is 2.00 bits per heavy atom. The van der Waals surface area contributed by atoms with Gasteiger partial charge in [-0.1, -0.05) is 24.6 Å². The van der Waals surface area contributed by atoms with Gasteiger partial charge < -0.3 is 20.4 Å². The molecule has 1 aliphatic heterocycles. The molecule has 174 valence electrons. The molecule has 4 atom stereocenters. The number of benzene rings is 1. The molecule has 2 aliphatic rings. The highest BCUT2D eigenvalue weighted by molar-refractivity contribution is 6.05. The van der Waals surface area contributed by atoms with Gasteiger partial charge in [-0.25, -0.2) is 4.39 Å². The summed E-state index contributed by atoms with van der Waals surface area (Å²) in [6, 6.07) is 4.11. The van der Waals surface area contributed by atoms with Crippen molar-refractivity contribution in [2.45, 2.75) is 38.7 Å². The van der Waals surface area contributed by atoms with Gasteiger partial charge in [0.25, 0.3) is 0 Å². The van der Waals surface area contributed by atoms with E-state index in [0.29, 0.717) is 29.6 Å². The number of halogens is 1. The average molecular weight is 448 g/mol. The number of nitrogens with zero attached hydrogens (tertiary/aromatic N) is 1. The largest absolute Gasteiger partial charge is 0.505 e. The first kappa shape index (κ1) is 24.1. The third-order valence-electron chi connectivity index (χ3n) is 6.69. The molecule has 8 heteroatoms. The predicted molar refractivity (Wildman–Crippen MR) is 116 cm³/mol. The Balaban J connectivity index is 1.81. The van der Waals surface area contributed by atoms with E-state index in [0.717, 1.165) is 10.5 Å². The van der Waals surface area contributed by atoms with E-state index in [2.05, 4.69) is 0 Å². The van der Waals surface area contributed by atoms with Crippen LogP contribution < -0.4 is 0 Å². The maximum Gasteiger partial charge on any atom is 0.233 e. The van der Waals surface area contributed by atoms with Gasteiger partial charge in [-0.05, 0) is 54.5 Å². The van der Waals surface area contributed by atoms with E-state index in [-0.39, 0.29) is 31.3 Å². The fraction of sp³-hybridized carbons (Fsp3) is 0.500. The Morgan fingerprint density at radius 3 is 2.59 bits per heavy atom. The van der Waals surface area contributed by atoms with E-state index < -0.39 is 42.0 Å². The Kier molecular flexibility index (Phi) is 7.48. The number of aromatic hydroxyl groups is 1. The number of hydrogen-bond acceptors (Lipinski definition) is 6. The fourth-order valence-electron chi connectivity index (χ4n) is 4.94. The molecule has 3 rings (SSSR count). The molecule has 0 bridgehead atoms. The van der Waals surface area contributed by atoms with Gasteiger partial charge in [0.1, 0.15) is 0 Å². The number of likely N-dealkylation sites (tertiary alicyclic amines) is 1. The van der Waals surface area contributed by atoms with Gasteiger partial charge in [0, 0.05) is 13.0 Å². The topological polar surface area (TPSA) is 118 Å². The van der Waals surface area contributed by atoms with Crippen molar-refractivity contribution in [1.82, 2.24) is 4.90 Å². The lowest BCUT2D eigenvalue weighted by Gasteiger charge is -2.36. The first-order valence-electron chi connectivity index (χ1n) is 10.8. The molecule has 1 heterocycles. The summed E-state index contributed by atoms with van der Waals surface area (Å²) in [5.41, 5.74) is 2.48. The standard InChI is InChI=1S/C24H30FNO6/c1-3-13(8-14-5-6-19(29)18(25)9-14)4-7-20(30)21-15(11-27)10-16-22(17(21)12-28)24(32)26(2)23(16)31/h5-6,8-9,16-17,20,22,27-30H,3-4,7,10-12H2,1-2H3/b13-8+/t16-,17+,20-,22-/m1/s1. The number of fused-ring (bicyclic) bond motifs is 1. The highest BCUT2D eigenvalue weighted by atomic mass is 19.1. The lowest BCUT2D eigenvalue weighted by atomic mass is 9.68. The second-order valence-electron chi connectivity index (χ2n) is 8.50. The first-order valence-corrected chi connectivity index (χ1v) is 10.8. The number of phenols is 1. The molecule has 2 amide bonds. The van der Waals surface area contributed by atoms with Gasteiger partial charge in [-0.3, -0.25) is 14.5 Å². The van der Waals surface area contributed by atoms with Crippen molar-refractivity contribution in [2.24, 2.45) is 17.8 Å². The van der Waals surface area contributed by atoms with Crippen molar-refractivity contribution < 1.29 is 34.4 Å². The summed E-state index contributed by atoms with van der Waals surface area (Å²) in [6.45, 7) is 1.17. The molecule has 0 radical (unpaired) electrons. The Morgan fingerprint density at radius 1 is 1.28 bits per heavy atom. The van der Waals surface area contributed by atoms with Crippen molar-refractivity contribution in [3.8, 4) is 5.75 Å². The zero-order valence-electron chi connectivity index (χ0n) is 18.3. The minimum atomic E-state index is -1.00. The summed E-state index contributed by atoms with van der Waals surface area (Å²) in [4.78, 5) is 26.1. The van der Waals surface area contributed by atoms with E-state index in [4.69, 9.17) is 0 Å². The summed E-state index contributed by atoms with van der Waals surface area (Å²) in [6.07, 6.45) is 2.39. The molecule has 1 aromatic carbocycles. The van der Waals surface area contributed by atoms with Crippen LogP contribution in [0.3, 0.4) is 0 Å². The number of carbonyl (C=O) groups excluding carboxylic acids is 2. The molecule has 1 saturated heterocycles. The molecule has 1 aliphatic carbocycles. The number of imide groups is 1. The molecule has 1 fully saturated rings. The molecule has 7 nitrogen and oxygen atoms in total. The van der Waals surface area contributed by atoms with Crippen LogP contribution in [0.2, 0.25) is 0 Å². The third kappa shape index (κ3) is 4.48. The Labute approximate surface area is 186 Å². The third-order valence-corrected chi connectivity index (χ3v) is 6.69. The van der Waals surface area contributed by atoms with E-state index in [1.165, 1.54) is 19.2 Å². The minimum Gasteiger partial charge on any atom is -0.505 e. The first-order chi connectivity index (χ1) is 15.2. The van der Waals surface area contributed by atoms with Crippen molar-refractivity contribution in [3.05, 3.63) is 46.3 Å². The van der Waals surface area contributed by atoms with Crippen LogP contribution >= 0.6 is 0 Å². The SMILES string of the molecule is CC/C(=C\c1ccc(O)c(F)c1)CC[C@@H](O)C1=C(CO)C[C@H]2C(=O)N(C)C(=O)[C@H]2[C@H]1CO. The van der Waals surface area contributed by atoms with Crippen LogP contribution in [0.1, 0.15) is 38.2 Å². The monoisotopic (exact) mass is 447 g/mol. The Bertz CT molecular complexity index is 956. The van der Waals surface area contributed by atoms with Crippen molar-refractivity contribution in [2.75, 3.05) is 20.3 Å². The number of amides is 2. The summed E-state index contributed by atoms with van der Waals surface area (Å²) in [5, 5.41) is 40.3. The van der Waals surface area contributed by atoms with Crippen LogP contribution in [0.25, 0.3) is 6.08 Å². The number of aliphatic hydroxyl groups is 3. The molecule has 0 saturated carbocycles. The van der Waals surface area contributed by atoms with Gasteiger partial charge in [0.2, 0.25) is 11.8 Å². The number of rotatable bonds is 8. The number of allylic oxidation sites excluding steroid dienone is 1. The lowest BCUT2D eigenvalue weighted by Crippen LogP contribution is -2.39. The van der Waals surface area contributed by atoms with Gasteiger partial charge in [0.05, 0.1) is 31.2 Å². The van der Waals surface area contributed by atoms with Crippen LogP contribution in [-0.2, 0) is 9.59 Å². The van der Waals surface area contributed by atoms with E-state index in [1.807, 2.05) is 6.92 Å². The van der Waals surface area contributed by atoms with Gasteiger partial charge >= 0.3 is 0 Å². The normalized spacial score (nSPS) is 24.9. The molecule has 0 aromatic heterocycles. The van der Waals surface area contributed by atoms with E-state index in [1.54, 1.807) is 12.1 Å².